The Morgan fingerprint density at radius 3 is 2.52 bits per heavy atom. The van der Waals surface area contributed by atoms with E-state index >= 15 is 0 Å². The summed E-state index contributed by atoms with van der Waals surface area (Å²) in [5.41, 5.74) is 4.99. The van der Waals surface area contributed by atoms with Crippen molar-refractivity contribution in [1.82, 2.24) is 0 Å². The van der Waals surface area contributed by atoms with Crippen LogP contribution in [0.2, 0.25) is 0 Å². The van der Waals surface area contributed by atoms with Crippen molar-refractivity contribution < 1.29 is 9.59 Å². The molecule has 142 valence electrons. The van der Waals surface area contributed by atoms with E-state index in [1.807, 2.05) is 31.2 Å². The zero-order valence-electron chi connectivity index (χ0n) is 16.3. The Morgan fingerprint density at radius 1 is 1.15 bits per heavy atom. The monoisotopic (exact) mass is 365 g/mol. The van der Waals surface area contributed by atoms with Gasteiger partial charge in [-0.1, -0.05) is 12.1 Å². The lowest BCUT2D eigenvalue weighted by Crippen LogP contribution is -2.33. The molecule has 0 radical (unpaired) electrons. The van der Waals surface area contributed by atoms with Crippen LogP contribution in [0.5, 0.6) is 0 Å². The van der Waals surface area contributed by atoms with E-state index in [1.165, 1.54) is 11.1 Å². The molecule has 1 aliphatic rings. The summed E-state index contributed by atoms with van der Waals surface area (Å²) in [6.07, 6.45) is 1.48. The second-order valence-electron chi connectivity index (χ2n) is 7.11. The third kappa shape index (κ3) is 4.67. The van der Waals surface area contributed by atoms with Crippen molar-refractivity contribution in [3.05, 3.63) is 53.6 Å². The molecule has 1 N–H and O–H groups in total. The third-order valence-electron chi connectivity index (χ3n) is 4.80. The molecule has 0 unspecified atom stereocenters. The normalized spacial score (nSPS) is 13.7. The van der Waals surface area contributed by atoms with Gasteiger partial charge in [-0.05, 0) is 68.7 Å². The van der Waals surface area contributed by atoms with E-state index in [2.05, 4.69) is 42.3 Å². The zero-order chi connectivity index (χ0) is 19.4. The van der Waals surface area contributed by atoms with Crippen LogP contribution in [-0.2, 0) is 9.59 Å². The molecule has 1 heterocycles. The van der Waals surface area contributed by atoms with E-state index in [4.69, 9.17) is 0 Å². The number of likely N-dealkylation sites (N-methyl/N-ethyl adjacent to an activating group) is 1. The van der Waals surface area contributed by atoms with E-state index in [9.17, 15) is 9.59 Å². The number of nitrogens with one attached hydrogen (secondary N) is 1. The molecule has 27 heavy (non-hydrogen) atoms. The van der Waals surface area contributed by atoms with E-state index in [-0.39, 0.29) is 18.4 Å². The van der Waals surface area contributed by atoms with Gasteiger partial charge in [0.2, 0.25) is 11.8 Å². The fourth-order valence-electron chi connectivity index (χ4n) is 3.57. The van der Waals surface area contributed by atoms with Gasteiger partial charge >= 0.3 is 0 Å². The van der Waals surface area contributed by atoms with Crippen LogP contribution in [0.4, 0.5) is 17.1 Å². The van der Waals surface area contributed by atoms with Crippen molar-refractivity contribution >= 4 is 28.9 Å². The van der Waals surface area contributed by atoms with Crippen LogP contribution in [-0.4, -0.2) is 31.4 Å². The second-order valence-corrected chi connectivity index (χ2v) is 7.11. The van der Waals surface area contributed by atoms with Crippen LogP contribution in [0.1, 0.15) is 30.9 Å². The number of aryl methyl sites for hydroxylation is 2. The SMILES string of the molecule is CCN(CC(=O)Nc1cccc(N2CCCC2=O)c1)c1cc(C)cc(C)c1. The van der Waals surface area contributed by atoms with E-state index in [0.717, 1.165) is 30.9 Å². The Labute approximate surface area is 161 Å². The maximum Gasteiger partial charge on any atom is 0.243 e. The van der Waals surface area contributed by atoms with Crippen molar-refractivity contribution in [2.75, 3.05) is 34.8 Å². The van der Waals surface area contributed by atoms with Gasteiger partial charge in [0.1, 0.15) is 0 Å². The lowest BCUT2D eigenvalue weighted by atomic mass is 10.1. The molecule has 5 heteroatoms. The number of rotatable bonds is 6. The van der Waals surface area contributed by atoms with Gasteiger partial charge in [0, 0.05) is 36.6 Å². The Morgan fingerprint density at radius 2 is 1.89 bits per heavy atom. The molecule has 1 fully saturated rings. The van der Waals surface area contributed by atoms with Gasteiger partial charge in [0.15, 0.2) is 0 Å². The Balaban J connectivity index is 1.68. The van der Waals surface area contributed by atoms with Gasteiger partial charge in [-0.3, -0.25) is 9.59 Å². The van der Waals surface area contributed by atoms with Crippen molar-refractivity contribution in [2.24, 2.45) is 0 Å². The summed E-state index contributed by atoms with van der Waals surface area (Å²) in [6.45, 7) is 7.95. The predicted molar refractivity (Wildman–Crippen MR) is 110 cm³/mol. The summed E-state index contributed by atoms with van der Waals surface area (Å²) in [6, 6.07) is 13.8. The molecule has 2 aromatic rings. The highest BCUT2D eigenvalue weighted by Gasteiger charge is 2.22. The largest absolute Gasteiger partial charge is 0.362 e. The Hall–Kier alpha value is -2.82. The molecule has 0 aromatic heterocycles. The topological polar surface area (TPSA) is 52.7 Å². The molecular formula is C22H27N3O2. The van der Waals surface area contributed by atoms with Crippen molar-refractivity contribution in [3.63, 3.8) is 0 Å². The standard InChI is InChI=1S/C22H27N3O2/c1-4-24(20-12-16(2)11-17(3)13-20)15-21(26)23-18-7-5-8-19(14-18)25-10-6-9-22(25)27/h5,7-8,11-14H,4,6,9-10,15H2,1-3H3,(H,23,26). The number of hydrogen-bond donors (Lipinski definition) is 1. The number of benzene rings is 2. The summed E-state index contributed by atoms with van der Waals surface area (Å²) in [5, 5.41) is 2.97. The van der Waals surface area contributed by atoms with E-state index < -0.39 is 0 Å². The molecule has 0 spiro atoms. The molecule has 3 rings (SSSR count). The first-order valence-electron chi connectivity index (χ1n) is 9.50. The van der Waals surface area contributed by atoms with E-state index in [1.54, 1.807) is 4.90 Å². The number of amides is 2. The van der Waals surface area contributed by atoms with Crippen LogP contribution in [0.15, 0.2) is 42.5 Å². The molecule has 0 saturated carbocycles. The predicted octanol–water partition coefficient (Wildman–Crippen LogP) is 3.90. The highest BCUT2D eigenvalue weighted by molar-refractivity contribution is 5.97. The number of hydrogen-bond acceptors (Lipinski definition) is 3. The minimum atomic E-state index is -0.0686. The maximum absolute atomic E-state index is 12.6. The number of anilines is 3. The molecule has 0 atom stereocenters. The molecule has 5 nitrogen and oxygen atoms in total. The maximum atomic E-state index is 12.6. The second kappa shape index (κ2) is 8.25. The van der Waals surface area contributed by atoms with Gasteiger partial charge in [-0.2, -0.15) is 0 Å². The molecule has 1 aliphatic heterocycles. The summed E-state index contributed by atoms with van der Waals surface area (Å²) >= 11 is 0. The van der Waals surface area contributed by atoms with Gasteiger partial charge in [-0.25, -0.2) is 0 Å². The Bertz CT molecular complexity index is 827. The first-order valence-corrected chi connectivity index (χ1v) is 9.50. The molecule has 1 saturated heterocycles. The average Bonchev–Trinajstić information content (AvgIpc) is 3.05. The first kappa shape index (κ1) is 19.0. The summed E-state index contributed by atoms with van der Waals surface area (Å²) in [4.78, 5) is 28.4. The number of carbonyl (C=O) groups excluding carboxylic acids is 2. The van der Waals surface area contributed by atoms with Gasteiger partial charge in [-0.15, -0.1) is 0 Å². The highest BCUT2D eigenvalue weighted by Crippen LogP contribution is 2.24. The van der Waals surface area contributed by atoms with Crippen LogP contribution < -0.4 is 15.1 Å². The zero-order valence-corrected chi connectivity index (χ0v) is 16.3. The van der Waals surface area contributed by atoms with Crippen molar-refractivity contribution in [1.29, 1.82) is 0 Å². The van der Waals surface area contributed by atoms with Gasteiger partial charge in [0.25, 0.3) is 0 Å². The minimum absolute atomic E-state index is 0.0686. The first-order chi connectivity index (χ1) is 13.0. The fraction of sp³-hybridized carbons (Fsp3) is 0.364. The molecule has 0 bridgehead atoms. The molecule has 0 aliphatic carbocycles. The summed E-state index contributed by atoms with van der Waals surface area (Å²) in [7, 11) is 0. The summed E-state index contributed by atoms with van der Waals surface area (Å²) in [5.74, 6) is 0.0753. The smallest absolute Gasteiger partial charge is 0.243 e. The van der Waals surface area contributed by atoms with Crippen LogP contribution in [0.25, 0.3) is 0 Å². The highest BCUT2D eigenvalue weighted by atomic mass is 16.2. The lowest BCUT2D eigenvalue weighted by Gasteiger charge is -2.23. The quantitative estimate of drug-likeness (QED) is 0.845. The fourth-order valence-corrected chi connectivity index (χ4v) is 3.57. The summed E-state index contributed by atoms with van der Waals surface area (Å²) < 4.78 is 0. The van der Waals surface area contributed by atoms with Gasteiger partial charge in [0.05, 0.1) is 6.54 Å². The average molecular weight is 365 g/mol. The molecule has 2 amide bonds. The van der Waals surface area contributed by atoms with Crippen LogP contribution in [0.3, 0.4) is 0 Å². The van der Waals surface area contributed by atoms with Gasteiger partial charge < -0.3 is 15.1 Å². The minimum Gasteiger partial charge on any atom is -0.362 e. The third-order valence-corrected chi connectivity index (χ3v) is 4.80. The van der Waals surface area contributed by atoms with E-state index in [0.29, 0.717) is 12.1 Å². The van der Waals surface area contributed by atoms with Crippen molar-refractivity contribution in [3.8, 4) is 0 Å². The lowest BCUT2D eigenvalue weighted by molar-refractivity contribution is -0.117. The van der Waals surface area contributed by atoms with Crippen LogP contribution in [0, 0.1) is 13.8 Å². The van der Waals surface area contributed by atoms with Crippen LogP contribution >= 0.6 is 0 Å². The Kier molecular flexibility index (Phi) is 5.79. The molecule has 2 aromatic carbocycles. The number of carbonyl (C=O) groups is 2. The molecular weight excluding hydrogens is 338 g/mol. The van der Waals surface area contributed by atoms with Crippen molar-refractivity contribution in [2.45, 2.75) is 33.6 Å². The number of nitrogens with zero attached hydrogens (tertiary/aromatic N) is 2.